The first kappa shape index (κ1) is 17.7. The van der Waals surface area contributed by atoms with Crippen LogP contribution in [-0.4, -0.2) is 43.3 Å². The molecule has 5 nitrogen and oxygen atoms in total. The van der Waals surface area contributed by atoms with Gasteiger partial charge in [-0.1, -0.05) is 51.1 Å². The van der Waals surface area contributed by atoms with Crippen molar-refractivity contribution in [3.8, 4) is 11.3 Å². The molecule has 0 radical (unpaired) electrons. The summed E-state index contributed by atoms with van der Waals surface area (Å²) in [5, 5.41) is 0. The predicted molar refractivity (Wildman–Crippen MR) is 97.1 cm³/mol. The first-order valence-electron chi connectivity index (χ1n) is 8.34. The molecule has 1 aliphatic heterocycles. The zero-order valence-electron chi connectivity index (χ0n) is 14.7. The number of nitrogens with zero attached hydrogens (tertiary/aromatic N) is 1. The second-order valence-electron chi connectivity index (χ2n) is 7.52. The topological polar surface area (TPSA) is 67.6 Å². The van der Waals surface area contributed by atoms with Crippen LogP contribution in [0.15, 0.2) is 46.9 Å². The van der Waals surface area contributed by atoms with E-state index in [0.29, 0.717) is 5.76 Å². The highest BCUT2D eigenvalue weighted by Crippen LogP contribution is 2.31. The summed E-state index contributed by atoms with van der Waals surface area (Å²) < 4.78 is 29.8. The summed E-state index contributed by atoms with van der Waals surface area (Å²) in [6.45, 7) is 6.06. The van der Waals surface area contributed by atoms with Crippen LogP contribution in [0.25, 0.3) is 11.3 Å². The van der Waals surface area contributed by atoms with Crippen LogP contribution in [0, 0.1) is 5.41 Å². The Morgan fingerprint density at radius 3 is 2.44 bits per heavy atom. The molecule has 134 valence electrons. The fraction of sp³-hybridized carbons (Fsp3) is 0.421. The van der Waals surface area contributed by atoms with Gasteiger partial charge in [0.05, 0.1) is 17.5 Å². The number of sulfone groups is 1. The molecule has 1 aliphatic rings. The molecular weight excluding hydrogens is 338 g/mol. The smallest absolute Gasteiger partial charge is 0.289 e. The third kappa shape index (κ3) is 3.79. The van der Waals surface area contributed by atoms with Gasteiger partial charge >= 0.3 is 0 Å². The molecule has 1 aromatic carbocycles. The fourth-order valence-electron chi connectivity index (χ4n) is 3.12. The van der Waals surface area contributed by atoms with Crippen molar-refractivity contribution >= 4 is 15.7 Å². The molecule has 1 atom stereocenters. The summed E-state index contributed by atoms with van der Waals surface area (Å²) >= 11 is 0. The fourth-order valence-corrected chi connectivity index (χ4v) is 4.92. The van der Waals surface area contributed by atoms with Gasteiger partial charge in [-0.05, 0) is 17.5 Å². The Hall–Kier alpha value is -2.08. The molecule has 0 spiro atoms. The minimum atomic E-state index is -3.13. The Kier molecular flexibility index (Phi) is 4.49. The highest BCUT2D eigenvalue weighted by Gasteiger charge is 2.41. The Bertz CT molecular complexity index is 862. The van der Waals surface area contributed by atoms with Gasteiger partial charge in [-0.2, -0.15) is 0 Å². The van der Waals surface area contributed by atoms with Crippen LogP contribution in [0.2, 0.25) is 0 Å². The molecule has 2 heterocycles. The van der Waals surface area contributed by atoms with Gasteiger partial charge in [0.2, 0.25) is 0 Å². The number of hydrogen-bond acceptors (Lipinski definition) is 4. The molecule has 1 fully saturated rings. The number of furan rings is 1. The van der Waals surface area contributed by atoms with E-state index in [-0.39, 0.29) is 41.2 Å². The lowest BCUT2D eigenvalue weighted by atomic mass is 9.86. The Labute approximate surface area is 148 Å². The van der Waals surface area contributed by atoms with Crippen molar-refractivity contribution in [3.05, 3.63) is 48.2 Å². The van der Waals surface area contributed by atoms with Gasteiger partial charge < -0.3 is 9.32 Å². The number of rotatable bonds is 2. The number of carbonyl (C=O) groups is 1. The minimum absolute atomic E-state index is 0.00241. The maximum Gasteiger partial charge on any atom is 0.289 e. The van der Waals surface area contributed by atoms with E-state index in [0.717, 1.165) is 5.56 Å². The molecule has 1 unspecified atom stereocenters. The highest BCUT2D eigenvalue weighted by atomic mass is 32.2. The van der Waals surface area contributed by atoms with Gasteiger partial charge in [-0.3, -0.25) is 4.79 Å². The van der Waals surface area contributed by atoms with E-state index < -0.39 is 9.84 Å². The second-order valence-corrected chi connectivity index (χ2v) is 9.75. The SMILES string of the molecule is CC(C)(C)C1CS(=O)(=O)CCN1C(=O)c1ccc(-c2ccccc2)o1. The van der Waals surface area contributed by atoms with Crippen molar-refractivity contribution in [2.24, 2.45) is 5.41 Å². The van der Waals surface area contributed by atoms with E-state index in [1.165, 1.54) is 0 Å². The van der Waals surface area contributed by atoms with Gasteiger partial charge in [0.25, 0.3) is 5.91 Å². The quantitative estimate of drug-likeness (QED) is 0.823. The molecular formula is C19H23NO4S. The average Bonchev–Trinajstić information content (AvgIpc) is 3.03. The molecule has 1 amide bonds. The van der Waals surface area contributed by atoms with E-state index in [9.17, 15) is 13.2 Å². The van der Waals surface area contributed by atoms with E-state index in [2.05, 4.69) is 0 Å². The van der Waals surface area contributed by atoms with Gasteiger partial charge in [0.15, 0.2) is 15.6 Å². The van der Waals surface area contributed by atoms with Crippen LogP contribution >= 0.6 is 0 Å². The van der Waals surface area contributed by atoms with Crippen molar-refractivity contribution in [2.75, 3.05) is 18.1 Å². The standard InChI is InChI=1S/C19H23NO4S/c1-19(2,3)17-13-25(22,23)12-11-20(17)18(21)16-10-9-15(24-16)14-7-5-4-6-8-14/h4-10,17H,11-13H2,1-3H3. The molecule has 0 saturated carbocycles. The van der Waals surface area contributed by atoms with Gasteiger partial charge in [0, 0.05) is 12.1 Å². The highest BCUT2D eigenvalue weighted by molar-refractivity contribution is 7.91. The number of hydrogen-bond donors (Lipinski definition) is 0. The Morgan fingerprint density at radius 2 is 1.80 bits per heavy atom. The van der Waals surface area contributed by atoms with Crippen molar-refractivity contribution in [1.29, 1.82) is 0 Å². The number of carbonyl (C=O) groups excluding carboxylic acids is 1. The van der Waals surface area contributed by atoms with Crippen LogP contribution in [0.5, 0.6) is 0 Å². The van der Waals surface area contributed by atoms with Crippen LogP contribution in [-0.2, 0) is 9.84 Å². The zero-order chi connectivity index (χ0) is 18.2. The molecule has 0 bridgehead atoms. The van der Waals surface area contributed by atoms with Gasteiger partial charge in [0.1, 0.15) is 5.76 Å². The van der Waals surface area contributed by atoms with E-state index in [4.69, 9.17) is 4.42 Å². The molecule has 6 heteroatoms. The van der Waals surface area contributed by atoms with Crippen molar-refractivity contribution < 1.29 is 17.6 Å². The van der Waals surface area contributed by atoms with Gasteiger partial charge in [-0.25, -0.2) is 8.42 Å². The largest absolute Gasteiger partial charge is 0.451 e. The first-order chi connectivity index (χ1) is 11.7. The van der Waals surface area contributed by atoms with Crippen molar-refractivity contribution in [2.45, 2.75) is 26.8 Å². The Balaban J connectivity index is 1.88. The molecule has 3 rings (SSSR count). The lowest BCUT2D eigenvalue weighted by Gasteiger charge is -2.42. The van der Waals surface area contributed by atoms with Crippen LogP contribution in [0.4, 0.5) is 0 Å². The monoisotopic (exact) mass is 361 g/mol. The summed E-state index contributed by atoms with van der Waals surface area (Å²) in [7, 11) is -3.13. The van der Waals surface area contributed by atoms with Crippen LogP contribution in [0.1, 0.15) is 31.3 Å². The lowest BCUT2D eigenvalue weighted by molar-refractivity contribution is 0.0531. The summed E-state index contributed by atoms with van der Waals surface area (Å²) in [5.41, 5.74) is 0.563. The first-order valence-corrected chi connectivity index (χ1v) is 10.2. The summed E-state index contributed by atoms with van der Waals surface area (Å²) in [6.07, 6.45) is 0. The zero-order valence-corrected chi connectivity index (χ0v) is 15.5. The number of amides is 1. The van der Waals surface area contributed by atoms with Gasteiger partial charge in [-0.15, -0.1) is 0 Å². The van der Waals surface area contributed by atoms with E-state index >= 15 is 0 Å². The molecule has 0 N–H and O–H groups in total. The molecule has 1 saturated heterocycles. The maximum absolute atomic E-state index is 12.9. The summed E-state index contributed by atoms with van der Waals surface area (Å²) in [6, 6.07) is 12.6. The normalized spacial score (nSPS) is 20.4. The minimum Gasteiger partial charge on any atom is -0.451 e. The lowest BCUT2D eigenvalue weighted by Crippen LogP contribution is -2.56. The Morgan fingerprint density at radius 1 is 1.12 bits per heavy atom. The third-order valence-electron chi connectivity index (χ3n) is 4.57. The predicted octanol–water partition coefficient (Wildman–Crippen LogP) is 3.23. The summed E-state index contributed by atoms with van der Waals surface area (Å²) in [5.74, 6) is 0.608. The second kappa shape index (κ2) is 6.33. The van der Waals surface area contributed by atoms with E-state index in [1.807, 2.05) is 51.1 Å². The van der Waals surface area contributed by atoms with Crippen LogP contribution in [0.3, 0.4) is 0 Å². The maximum atomic E-state index is 12.9. The van der Waals surface area contributed by atoms with Crippen LogP contribution < -0.4 is 0 Å². The van der Waals surface area contributed by atoms with Crippen molar-refractivity contribution in [3.63, 3.8) is 0 Å². The molecule has 2 aromatic rings. The average molecular weight is 361 g/mol. The molecule has 25 heavy (non-hydrogen) atoms. The molecule has 1 aromatic heterocycles. The van der Waals surface area contributed by atoms with E-state index in [1.54, 1.807) is 17.0 Å². The summed E-state index contributed by atoms with van der Waals surface area (Å²) in [4.78, 5) is 14.6. The number of benzene rings is 1. The van der Waals surface area contributed by atoms with Crippen molar-refractivity contribution in [1.82, 2.24) is 4.90 Å². The molecule has 0 aliphatic carbocycles. The third-order valence-corrected chi connectivity index (χ3v) is 6.20.